The Kier molecular flexibility index (Phi) is 6.56. The van der Waals surface area contributed by atoms with Gasteiger partial charge in [0.2, 0.25) is 0 Å². The summed E-state index contributed by atoms with van der Waals surface area (Å²) in [5.74, 6) is -0.305. The fraction of sp³-hybridized carbons (Fsp3) is 0.364. The zero-order valence-electron chi connectivity index (χ0n) is 16.5. The number of aliphatic imine (C=N–C) groups is 1. The normalized spacial score (nSPS) is 11.2. The summed E-state index contributed by atoms with van der Waals surface area (Å²) in [6, 6.07) is 12.2. The smallest absolute Gasteiger partial charge is 0.338 e. The number of carbonyl (C=O) groups is 1. The number of hydrogen-bond acceptors (Lipinski definition) is 3. The van der Waals surface area contributed by atoms with E-state index in [0.717, 1.165) is 22.4 Å². The predicted molar refractivity (Wildman–Crippen MR) is 107 cm³/mol. The molecule has 0 N–H and O–H groups in total. The van der Waals surface area contributed by atoms with Crippen molar-refractivity contribution in [2.24, 2.45) is 4.99 Å². The summed E-state index contributed by atoms with van der Waals surface area (Å²) < 4.78 is 5.47. The van der Waals surface area contributed by atoms with Gasteiger partial charge in [0.25, 0.3) is 0 Å². The minimum Gasteiger partial charge on any atom is -0.457 e. The quantitative estimate of drug-likeness (QED) is 0.419. The number of nitrogens with zero attached hydrogens (tertiary/aromatic N) is 2. The summed E-state index contributed by atoms with van der Waals surface area (Å²) in [4.78, 5) is 19.0. The first-order valence-corrected chi connectivity index (χ1v) is 8.88. The third kappa shape index (κ3) is 5.19. The Balaban J connectivity index is 2.10. The minimum absolute atomic E-state index is 0.274. The highest BCUT2D eigenvalue weighted by Crippen LogP contribution is 2.24. The van der Waals surface area contributed by atoms with Crippen LogP contribution in [-0.2, 0) is 11.3 Å². The summed E-state index contributed by atoms with van der Waals surface area (Å²) in [6.45, 7) is 10.4. The van der Waals surface area contributed by atoms with E-state index in [-0.39, 0.29) is 12.6 Å². The third-order valence-electron chi connectivity index (χ3n) is 4.45. The Hall–Kier alpha value is -2.62. The second kappa shape index (κ2) is 8.65. The molecule has 2 rings (SSSR count). The number of benzene rings is 2. The minimum atomic E-state index is -0.305. The highest BCUT2D eigenvalue weighted by Gasteiger charge is 2.13. The zero-order valence-corrected chi connectivity index (χ0v) is 16.5. The molecule has 26 heavy (non-hydrogen) atoms. The molecule has 0 aliphatic carbocycles. The molecule has 4 heteroatoms. The standard InChI is InChI=1S/C22H28N2O2/c1-15(2)24(6)14-23-21-12-17(4)20(11-18(21)5)22(25)26-13-19-9-7-16(3)8-10-19/h7-12,14-15H,13H2,1-6H3. The summed E-state index contributed by atoms with van der Waals surface area (Å²) >= 11 is 0. The van der Waals surface area contributed by atoms with Crippen LogP contribution in [0.3, 0.4) is 0 Å². The SMILES string of the molecule is Cc1ccc(COC(=O)c2cc(C)c(N=CN(C)C(C)C)cc2C)cc1. The molecule has 0 bridgehead atoms. The van der Waals surface area contributed by atoms with Crippen LogP contribution >= 0.6 is 0 Å². The second-order valence-corrected chi connectivity index (χ2v) is 7.02. The van der Waals surface area contributed by atoms with E-state index in [1.54, 1.807) is 0 Å². The Morgan fingerprint density at radius 1 is 1.12 bits per heavy atom. The molecular weight excluding hydrogens is 324 g/mol. The van der Waals surface area contributed by atoms with Crippen LogP contribution < -0.4 is 0 Å². The van der Waals surface area contributed by atoms with E-state index < -0.39 is 0 Å². The molecule has 2 aromatic carbocycles. The summed E-state index contributed by atoms with van der Waals surface area (Å²) in [7, 11) is 1.99. The van der Waals surface area contributed by atoms with Crippen molar-refractivity contribution in [1.82, 2.24) is 4.90 Å². The number of carbonyl (C=O) groups excluding carboxylic acids is 1. The van der Waals surface area contributed by atoms with Crippen molar-refractivity contribution in [2.75, 3.05) is 7.05 Å². The molecule has 138 valence electrons. The molecule has 2 aromatic rings. The molecule has 0 saturated heterocycles. The van der Waals surface area contributed by atoms with Crippen LogP contribution in [0.25, 0.3) is 0 Å². The molecule has 0 amide bonds. The molecule has 0 fully saturated rings. The van der Waals surface area contributed by atoms with E-state index in [2.05, 4.69) is 18.8 Å². The summed E-state index contributed by atoms with van der Waals surface area (Å²) in [5, 5.41) is 0. The zero-order chi connectivity index (χ0) is 19.3. The van der Waals surface area contributed by atoms with Crippen molar-refractivity contribution in [2.45, 2.75) is 47.3 Å². The van der Waals surface area contributed by atoms with Crippen molar-refractivity contribution >= 4 is 18.0 Å². The van der Waals surface area contributed by atoms with Crippen molar-refractivity contribution < 1.29 is 9.53 Å². The number of aryl methyl sites for hydroxylation is 3. The van der Waals surface area contributed by atoms with Crippen LogP contribution in [0.2, 0.25) is 0 Å². The monoisotopic (exact) mass is 352 g/mol. The average Bonchev–Trinajstić information content (AvgIpc) is 2.60. The van der Waals surface area contributed by atoms with Gasteiger partial charge in [-0.1, -0.05) is 29.8 Å². The van der Waals surface area contributed by atoms with Crippen LogP contribution in [0.4, 0.5) is 5.69 Å². The van der Waals surface area contributed by atoms with Gasteiger partial charge >= 0.3 is 5.97 Å². The number of esters is 1. The Bertz CT molecular complexity index is 793. The number of ether oxygens (including phenoxy) is 1. The van der Waals surface area contributed by atoms with Gasteiger partial charge in [-0.3, -0.25) is 0 Å². The lowest BCUT2D eigenvalue weighted by atomic mass is 10.0. The largest absolute Gasteiger partial charge is 0.457 e. The molecule has 0 spiro atoms. The molecular formula is C22H28N2O2. The maximum atomic E-state index is 12.5. The van der Waals surface area contributed by atoms with E-state index in [1.165, 1.54) is 5.56 Å². The van der Waals surface area contributed by atoms with Gasteiger partial charge in [-0.25, -0.2) is 9.79 Å². The van der Waals surface area contributed by atoms with Crippen LogP contribution in [0.5, 0.6) is 0 Å². The van der Waals surface area contributed by atoms with E-state index >= 15 is 0 Å². The van der Waals surface area contributed by atoms with Gasteiger partial charge in [-0.15, -0.1) is 0 Å². The van der Waals surface area contributed by atoms with Gasteiger partial charge in [0.15, 0.2) is 0 Å². The van der Waals surface area contributed by atoms with E-state index in [1.807, 2.05) is 75.5 Å². The molecule has 0 atom stereocenters. The molecule has 0 aliphatic heterocycles. The molecule has 0 heterocycles. The third-order valence-corrected chi connectivity index (χ3v) is 4.45. The van der Waals surface area contributed by atoms with Gasteiger partial charge in [0, 0.05) is 13.1 Å². The molecule has 4 nitrogen and oxygen atoms in total. The lowest BCUT2D eigenvalue weighted by molar-refractivity contribution is 0.0472. The van der Waals surface area contributed by atoms with E-state index in [0.29, 0.717) is 11.6 Å². The van der Waals surface area contributed by atoms with Gasteiger partial charge in [0.1, 0.15) is 6.61 Å². The maximum absolute atomic E-state index is 12.5. The first-order valence-electron chi connectivity index (χ1n) is 8.88. The molecule has 0 radical (unpaired) electrons. The molecule has 0 aliphatic rings. The highest BCUT2D eigenvalue weighted by atomic mass is 16.5. The summed E-state index contributed by atoms with van der Waals surface area (Å²) in [5.41, 5.74) is 5.44. The Morgan fingerprint density at radius 2 is 1.77 bits per heavy atom. The molecule has 0 saturated carbocycles. The van der Waals surface area contributed by atoms with Crippen LogP contribution in [0.15, 0.2) is 41.4 Å². The first-order chi connectivity index (χ1) is 12.3. The molecule has 0 aromatic heterocycles. The lowest BCUT2D eigenvalue weighted by Crippen LogP contribution is -2.24. The topological polar surface area (TPSA) is 41.9 Å². The number of rotatable bonds is 6. The Labute approximate surface area is 156 Å². The van der Waals surface area contributed by atoms with Gasteiger partial charge in [0.05, 0.1) is 17.6 Å². The van der Waals surface area contributed by atoms with Gasteiger partial charge < -0.3 is 9.64 Å². The first kappa shape index (κ1) is 19.7. The molecule has 0 unspecified atom stereocenters. The van der Waals surface area contributed by atoms with Crippen molar-refractivity contribution in [1.29, 1.82) is 0 Å². The second-order valence-electron chi connectivity index (χ2n) is 7.02. The van der Waals surface area contributed by atoms with Crippen molar-refractivity contribution in [3.8, 4) is 0 Å². The lowest BCUT2D eigenvalue weighted by Gasteiger charge is -2.17. The summed E-state index contributed by atoms with van der Waals surface area (Å²) in [6.07, 6.45) is 1.82. The van der Waals surface area contributed by atoms with Gasteiger partial charge in [-0.2, -0.15) is 0 Å². The highest BCUT2D eigenvalue weighted by molar-refractivity contribution is 5.92. The van der Waals surface area contributed by atoms with Crippen molar-refractivity contribution in [3.63, 3.8) is 0 Å². The fourth-order valence-electron chi connectivity index (χ4n) is 2.36. The van der Waals surface area contributed by atoms with Crippen LogP contribution in [0.1, 0.15) is 46.5 Å². The van der Waals surface area contributed by atoms with Crippen molar-refractivity contribution in [3.05, 3.63) is 64.2 Å². The van der Waals surface area contributed by atoms with E-state index in [4.69, 9.17) is 4.74 Å². The predicted octanol–water partition coefficient (Wildman–Crippen LogP) is 4.97. The fourth-order valence-corrected chi connectivity index (χ4v) is 2.36. The van der Waals surface area contributed by atoms with Crippen LogP contribution in [-0.4, -0.2) is 30.3 Å². The number of hydrogen-bond donors (Lipinski definition) is 0. The van der Waals surface area contributed by atoms with Gasteiger partial charge in [-0.05, 0) is 63.4 Å². The Morgan fingerprint density at radius 3 is 2.38 bits per heavy atom. The average molecular weight is 352 g/mol. The van der Waals surface area contributed by atoms with E-state index in [9.17, 15) is 4.79 Å². The maximum Gasteiger partial charge on any atom is 0.338 e. The van der Waals surface area contributed by atoms with Crippen LogP contribution in [0, 0.1) is 20.8 Å².